The Morgan fingerprint density at radius 3 is 2.58 bits per heavy atom. The summed E-state index contributed by atoms with van der Waals surface area (Å²) in [6.45, 7) is 4.91. The number of pyridine rings is 1. The van der Waals surface area contributed by atoms with Crippen LogP contribution in [-0.2, 0) is 9.54 Å². The minimum Gasteiger partial charge on any atom is -0.492 e. The van der Waals surface area contributed by atoms with Gasteiger partial charge in [-0.2, -0.15) is 4.99 Å². The summed E-state index contributed by atoms with van der Waals surface area (Å²) in [5.41, 5.74) is 7.42. The molecule has 7 heteroatoms. The monoisotopic (exact) mass is 370 g/mol. The van der Waals surface area contributed by atoms with Crippen LogP contribution in [0, 0.1) is 0 Å². The molecule has 2 atom stereocenters. The minimum absolute atomic E-state index is 0.0115. The summed E-state index contributed by atoms with van der Waals surface area (Å²) in [5, 5.41) is 3.96. The van der Waals surface area contributed by atoms with Gasteiger partial charge in [0.05, 0.1) is 6.04 Å². The molecule has 6 nitrogen and oxygen atoms in total. The average molecular weight is 370 g/mol. The Balaban J connectivity index is 1.66. The molecule has 0 fully saturated rings. The van der Waals surface area contributed by atoms with Crippen LogP contribution in [-0.4, -0.2) is 29.2 Å². The van der Waals surface area contributed by atoms with Crippen molar-refractivity contribution in [2.45, 2.75) is 24.6 Å². The third kappa shape index (κ3) is 3.89. The van der Waals surface area contributed by atoms with Gasteiger partial charge in [-0.05, 0) is 49.2 Å². The zero-order chi connectivity index (χ0) is 18.6. The highest BCUT2D eigenvalue weighted by Gasteiger charge is 2.43. The highest BCUT2D eigenvalue weighted by Crippen LogP contribution is 2.42. The van der Waals surface area contributed by atoms with Crippen LogP contribution in [0.5, 0.6) is 5.75 Å². The van der Waals surface area contributed by atoms with E-state index in [4.69, 9.17) is 10.5 Å². The number of hydrogen-bond donors (Lipinski definition) is 2. The van der Waals surface area contributed by atoms with Crippen molar-refractivity contribution >= 4 is 22.8 Å². The summed E-state index contributed by atoms with van der Waals surface area (Å²) < 4.78 is 4.77. The maximum Gasteiger partial charge on any atom is 0.268 e. The topological polar surface area (TPSA) is 89.6 Å². The highest BCUT2D eigenvalue weighted by molar-refractivity contribution is 8.15. The molecule has 0 saturated heterocycles. The van der Waals surface area contributed by atoms with Crippen molar-refractivity contribution in [2.75, 3.05) is 13.2 Å². The van der Waals surface area contributed by atoms with Crippen molar-refractivity contribution in [3.8, 4) is 5.75 Å². The standard InChI is InChI=1S/C19H22N4O2S/c1-13(14-3-5-16(6-4-14)25-12-9-20)22-18-23-17(24)19(2,26-18)15-7-10-21-11-8-15/h3-8,10-11,13H,9,12,20H2,1-2H3,(H,22,23,24)/t13-,19?/m0/s1. The number of carbonyl (C=O) groups is 1. The third-order valence-corrected chi connectivity index (χ3v) is 5.47. The molecule has 2 heterocycles. The van der Waals surface area contributed by atoms with Crippen LogP contribution >= 0.6 is 11.8 Å². The second-order valence-electron chi connectivity index (χ2n) is 6.17. The fourth-order valence-electron chi connectivity index (χ4n) is 2.67. The van der Waals surface area contributed by atoms with E-state index in [1.807, 2.05) is 50.2 Å². The molecule has 26 heavy (non-hydrogen) atoms. The summed E-state index contributed by atoms with van der Waals surface area (Å²) in [4.78, 5) is 20.7. The largest absolute Gasteiger partial charge is 0.492 e. The zero-order valence-corrected chi connectivity index (χ0v) is 15.6. The summed E-state index contributed by atoms with van der Waals surface area (Å²) in [6.07, 6.45) is 3.38. The van der Waals surface area contributed by atoms with Crippen molar-refractivity contribution in [1.29, 1.82) is 0 Å². The van der Waals surface area contributed by atoms with Gasteiger partial charge in [0.25, 0.3) is 5.91 Å². The molecule has 136 valence electrons. The first kappa shape index (κ1) is 18.4. The van der Waals surface area contributed by atoms with Gasteiger partial charge in [0.15, 0.2) is 5.17 Å². The molecule has 1 aliphatic heterocycles. The van der Waals surface area contributed by atoms with Gasteiger partial charge in [-0.3, -0.25) is 9.78 Å². The smallest absolute Gasteiger partial charge is 0.268 e. The lowest BCUT2D eigenvalue weighted by Crippen LogP contribution is -2.26. The molecule has 1 amide bonds. The fourth-order valence-corrected chi connectivity index (χ4v) is 3.81. The molecule has 0 radical (unpaired) electrons. The number of carbonyl (C=O) groups excluding carboxylic acids is 1. The highest BCUT2D eigenvalue weighted by atomic mass is 32.2. The van der Waals surface area contributed by atoms with E-state index in [1.54, 1.807) is 12.4 Å². The van der Waals surface area contributed by atoms with Crippen LogP contribution in [0.2, 0.25) is 0 Å². The number of nitrogens with zero attached hydrogens (tertiary/aromatic N) is 2. The van der Waals surface area contributed by atoms with Crippen LogP contribution in [0.25, 0.3) is 0 Å². The number of amides is 1. The number of rotatable bonds is 6. The number of benzene rings is 1. The van der Waals surface area contributed by atoms with E-state index < -0.39 is 4.75 Å². The van der Waals surface area contributed by atoms with Crippen LogP contribution in [0.15, 0.2) is 53.8 Å². The van der Waals surface area contributed by atoms with Crippen molar-refractivity contribution in [3.05, 3.63) is 59.9 Å². The maximum absolute atomic E-state index is 12.5. The van der Waals surface area contributed by atoms with Crippen molar-refractivity contribution in [2.24, 2.45) is 10.7 Å². The molecule has 0 spiro atoms. The molecular weight excluding hydrogens is 348 g/mol. The number of hydrogen-bond acceptors (Lipinski definition) is 6. The number of amidine groups is 1. The summed E-state index contributed by atoms with van der Waals surface area (Å²) >= 11 is 1.43. The van der Waals surface area contributed by atoms with Gasteiger partial charge in [-0.25, -0.2) is 0 Å². The van der Waals surface area contributed by atoms with Crippen LogP contribution < -0.4 is 15.8 Å². The first-order valence-corrected chi connectivity index (χ1v) is 9.26. The van der Waals surface area contributed by atoms with E-state index in [-0.39, 0.29) is 11.9 Å². The van der Waals surface area contributed by atoms with Gasteiger partial charge in [0, 0.05) is 18.9 Å². The molecule has 1 unspecified atom stereocenters. The molecule has 1 aromatic heterocycles. The van der Waals surface area contributed by atoms with Gasteiger partial charge in [-0.1, -0.05) is 23.9 Å². The Bertz CT molecular complexity index is 795. The fraction of sp³-hybridized carbons (Fsp3) is 0.316. The van der Waals surface area contributed by atoms with Crippen LogP contribution in [0.1, 0.15) is 31.0 Å². The second kappa shape index (κ2) is 7.88. The molecule has 3 N–H and O–H groups in total. The van der Waals surface area contributed by atoms with Gasteiger partial charge < -0.3 is 15.8 Å². The van der Waals surface area contributed by atoms with Gasteiger partial charge in [0.1, 0.15) is 17.1 Å². The van der Waals surface area contributed by atoms with E-state index in [2.05, 4.69) is 15.3 Å². The first-order chi connectivity index (χ1) is 12.5. The molecule has 0 aliphatic carbocycles. The average Bonchev–Trinajstić information content (AvgIpc) is 2.95. The maximum atomic E-state index is 12.5. The van der Waals surface area contributed by atoms with Crippen LogP contribution in [0.3, 0.4) is 0 Å². The molecule has 0 bridgehead atoms. The quantitative estimate of drug-likeness (QED) is 0.812. The lowest BCUT2D eigenvalue weighted by Gasteiger charge is -2.21. The molecule has 0 saturated carbocycles. The zero-order valence-electron chi connectivity index (χ0n) is 14.8. The Kier molecular flexibility index (Phi) is 5.58. The van der Waals surface area contributed by atoms with E-state index >= 15 is 0 Å². The number of aromatic nitrogens is 1. The number of nitrogens with two attached hydrogens (primary N) is 1. The predicted molar refractivity (Wildman–Crippen MR) is 104 cm³/mol. The van der Waals surface area contributed by atoms with Crippen molar-refractivity contribution < 1.29 is 9.53 Å². The van der Waals surface area contributed by atoms with Gasteiger partial charge in [-0.15, -0.1) is 0 Å². The summed E-state index contributed by atoms with van der Waals surface area (Å²) in [7, 11) is 0. The molecule has 2 aromatic rings. The molecule has 1 aliphatic rings. The van der Waals surface area contributed by atoms with Gasteiger partial charge >= 0.3 is 0 Å². The molecule has 1 aromatic carbocycles. The predicted octanol–water partition coefficient (Wildman–Crippen LogP) is 2.61. The normalized spacial score (nSPS) is 20.6. The van der Waals surface area contributed by atoms with E-state index in [1.165, 1.54) is 11.8 Å². The third-order valence-electron chi connectivity index (χ3n) is 4.25. The minimum atomic E-state index is -0.717. The Morgan fingerprint density at radius 1 is 1.23 bits per heavy atom. The number of ether oxygens (including phenoxy) is 1. The van der Waals surface area contributed by atoms with Gasteiger partial charge in [0.2, 0.25) is 0 Å². The Hall–Kier alpha value is -2.38. The molecule has 3 rings (SSSR count). The first-order valence-electron chi connectivity index (χ1n) is 8.45. The van der Waals surface area contributed by atoms with E-state index in [9.17, 15) is 4.79 Å². The Labute approximate surface area is 157 Å². The summed E-state index contributed by atoms with van der Waals surface area (Å²) in [6, 6.07) is 11.5. The Morgan fingerprint density at radius 2 is 1.92 bits per heavy atom. The lowest BCUT2D eigenvalue weighted by molar-refractivity contribution is -0.119. The van der Waals surface area contributed by atoms with E-state index in [0.29, 0.717) is 18.3 Å². The molecular formula is C19H22N4O2S. The number of aliphatic imine (C=N–C) groups is 1. The number of nitrogens with one attached hydrogen (secondary N) is 1. The summed E-state index contributed by atoms with van der Waals surface area (Å²) in [5.74, 6) is 0.633. The van der Waals surface area contributed by atoms with Crippen LogP contribution in [0.4, 0.5) is 0 Å². The van der Waals surface area contributed by atoms with Crippen molar-refractivity contribution in [3.63, 3.8) is 0 Å². The SMILES string of the molecule is C[C@H](NC1=NC(=O)C(C)(c2ccncc2)S1)c1ccc(OCCN)cc1. The second-order valence-corrected chi connectivity index (χ2v) is 7.57. The van der Waals surface area contributed by atoms with E-state index in [0.717, 1.165) is 16.9 Å². The van der Waals surface area contributed by atoms with Crippen molar-refractivity contribution in [1.82, 2.24) is 10.3 Å². The lowest BCUT2D eigenvalue weighted by atomic mass is 10.0. The number of thioether (sulfide) groups is 1.